The Hall–Kier alpha value is -0.933. The molecule has 0 N–H and O–H groups in total. The van der Waals surface area contributed by atoms with Crippen molar-refractivity contribution in [2.24, 2.45) is 0 Å². The number of unbranched alkanes of at least 4 members (excludes halogenated alkanes) is 1. The third-order valence-corrected chi connectivity index (χ3v) is 8.75. The largest absolute Gasteiger partial charge is 0.417 e. The Morgan fingerprint density at radius 3 is 2.50 bits per heavy atom. The molecule has 2 nitrogen and oxygen atoms in total. The number of aryl methyl sites for hydroxylation is 1. The molecular weight excluding hydrogens is 264 g/mol. The van der Waals surface area contributed by atoms with Gasteiger partial charge < -0.3 is 4.43 Å². The molecule has 0 spiro atoms. The van der Waals surface area contributed by atoms with Crippen LogP contribution in [0.15, 0.2) is 24.3 Å². The zero-order valence-electron chi connectivity index (χ0n) is 13.5. The first-order valence-corrected chi connectivity index (χ1v) is 10.4. The van der Waals surface area contributed by atoms with Crippen molar-refractivity contribution in [2.45, 2.75) is 58.2 Å². The molecule has 1 aromatic rings. The summed E-state index contributed by atoms with van der Waals surface area (Å²) in [4.78, 5) is 10.7. The van der Waals surface area contributed by atoms with E-state index in [4.69, 9.17) is 4.43 Å². The molecule has 0 aromatic heterocycles. The van der Waals surface area contributed by atoms with Gasteiger partial charge in [0.2, 0.25) is 0 Å². The van der Waals surface area contributed by atoms with Crippen molar-refractivity contribution >= 4 is 14.6 Å². The fraction of sp³-hybridized carbons (Fsp3) is 0.588. The highest BCUT2D eigenvalue weighted by atomic mass is 28.4. The van der Waals surface area contributed by atoms with E-state index < -0.39 is 8.32 Å². The molecule has 0 bridgehead atoms. The van der Waals surface area contributed by atoms with E-state index in [1.807, 2.05) is 18.2 Å². The summed E-state index contributed by atoms with van der Waals surface area (Å²) in [5.41, 5.74) is 2.00. The highest BCUT2D eigenvalue weighted by Crippen LogP contribution is 2.36. The van der Waals surface area contributed by atoms with Crippen LogP contribution in [0.2, 0.25) is 18.1 Å². The van der Waals surface area contributed by atoms with Gasteiger partial charge in [-0.3, -0.25) is 4.79 Å². The van der Waals surface area contributed by atoms with Crippen molar-refractivity contribution in [3.63, 3.8) is 0 Å². The Labute approximate surface area is 124 Å². The average molecular weight is 292 g/mol. The van der Waals surface area contributed by atoms with E-state index in [9.17, 15) is 4.79 Å². The lowest BCUT2D eigenvalue weighted by Crippen LogP contribution is -2.40. The summed E-state index contributed by atoms with van der Waals surface area (Å²) < 4.78 is 6.16. The number of hydrogen-bond acceptors (Lipinski definition) is 2. The van der Waals surface area contributed by atoms with Crippen LogP contribution in [0.3, 0.4) is 0 Å². The fourth-order valence-electron chi connectivity index (χ4n) is 1.80. The maximum atomic E-state index is 10.7. The minimum atomic E-state index is -1.60. The standard InChI is InChI=1S/C17H28O2Si/c1-17(2,3)20(4,5)19-12-7-6-9-15-10-8-11-16(13-15)14-18/h8,10-11,13-14H,6-7,9,12H2,1-5H3. The lowest BCUT2D eigenvalue weighted by molar-refractivity contribution is 0.112. The molecule has 1 aromatic carbocycles. The van der Waals surface area contributed by atoms with Crippen LogP contribution in [0.4, 0.5) is 0 Å². The molecule has 0 aliphatic rings. The number of carbonyl (C=O) groups excluding carboxylic acids is 1. The van der Waals surface area contributed by atoms with Gasteiger partial charge in [0, 0.05) is 12.2 Å². The van der Waals surface area contributed by atoms with Crippen LogP contribution < -0.4 is 0 Å². The van der Waals surface area contributed by atoms with Crippen molar-refractivity contribution in [2.75, 3.05) is 6.61 Å². The van der Waals surface area contributed by atoms with Gasteiger partial charge in [-0.2, -0.15) is 0 Å². The molecule has 0 aliphatic carbocycles. The molecule has 112 valence electrons. The molecule has 0 radical (unpaired) electrons. The molecule has 0 aliphatic heterocycles. The number of aldehydes is 1. The number of benzene rings is 1. The summed E-state index contributed by atoms with van der Waals surface area (Å²) in [6.45, 7) is 12.2. The van der Waals surface area contributed by atoms with Gasteiger partial charge in [0.15, 0.2) is 8.32 Å². The lowest BCUT2D eigenvalue weighted by atomic mass is 10.1. The summed E-state index contributed by atoms with van der Waals surface area (Å²) in [5, 5.41) is 0.283. The van der Waals surface area contributed by atoms with E-state index in [-0.39, 0.29) is 5.04 Å². The Balaban J connectivity index is 2.30. The Morgan fingerprint density at radius 1 is 1.20 bits per heavy atom. The van der Waals surface area contributed by atoms with Crippen molar-refractivity contribution in [3.8, 4) is 0 Å². The van der Waals surface area contributed by atoms with Crippen LogP contribution in [-0.4, -0.2) is 21.2 Å². The molecular formula is C17H28O2Si. The molecule has 0 saturated carbocycles. The molecule has 0 unspecified atom stereocenters. The zero-order valence-corrected chi connectivity index (χ0v) is 14.5. The molecule has 0 heterocycles. The normalized spacial score (nSPS) is 12.4. The minimum absolute atomic E-state index is 0.283. The van der Waals surface area contributed by atoms with Gasteiger partial charge in [0.05, 0.1) is 0 Å². The molecule has 0 atom stereocenters. The molecule has 0 amide bonds. The van der Waals surface area contributed by atoms with Crippen LogP contribution in [0.25, 0.3) is 0 Å². The predicted molar refractivity (Wildman–Crippen MR) is 87.9 cm³/mol. The van der Waals surface area contributed by atoms with Crippen molar-refractivity contribution in [3.05, 3.63) is 35.4 Å². The maximum absolute atomic E-state index is 10.7. The molecule has 20 heavy (non-hydrogen) atoms. The third-order valence-electron chi connectivity index (χ3n) is 4.22. The molecule has 3 heteroatoms. The monoisotopic (exact) mass is 292 g/mol. The van der Waals surface area contributed by atoms with E-state index in [0.29, 0.717) is 0 Å². The molecule has 1 rings (SSSR count). The van der Waals surface area contributed by atoms with Gasteiger partial charge in [0.25, 0.3) is 0 Å². The van der Waals surface area contributed by atoms with Crippen molar-refractivity contribution in [1.82, 2.24) is 0 Å². The summed E-state index contributed by atoms with van der Waals surface area (Å²) in [5.74, 6) is 0. The fourth-order valence-corrected chi connectivity index (χ4v) is 2.88. The van der Waals surface area contributed by atoms with Crippen LogP contribution in [0.5, 0.6) is 0 Å². The predicted octanol–water partition coefficient (Wildman–Crippen LogP) is 4.84. The zero-order chi connectivity index (χ0) is 15.2. The Morgan fingerprint density at radius 2 is 1.90 bits per heavy atom. The summed E-state index contributed by atoms with van der Waals surface area (Å²) in [7, 11) is -1.60. The topological polar surface area (TPSA) is 26.3 Å². The quantitative estimate of drug-likeness (QED) is 0.408. The molecule has 0 fully saturated rings. The smallest absolute Gasteiger partial charge is 0.191 e. The summed E-state index contributed by atoms with van der Waals surface area (Å²) >= 11 is 0. The van der Waals surface area contributed by atoms with Crippen LogP contribution in [0.1, 0.15) is 49.5 Å². The van der Waals surface area contributed by atoms with Gasteiger partial charge in [-0.15, -0.1) is 0 Å². The van der Waals surface area contributed by atoms with Gasteiger partial charge >= 0.3 is 0 Å². The Kier molecular flexibility index (Phi) is 6.15. The summed E-state index contributed by atoms with van der Waals surface area (Å²) in [6.07, 6.45) is 4.11. The Bertz CT molecular complexity index is 433. The van der Waals surface area contributed by atoms with E-state index >= 15 is 0 Å². The highest BCUT2D eigenvalue weighted by molar-refractivity contribution is 6.74. The van der Waals surface area contributed by atoms with Crippen LogP contribution >= 0.6 is 0 Å². The third kappa shape index (κ3) is 5.21. The average Bonchev–Trinajstić information content (AvgIpc) is 2.37. The van der Waals surface area contributed by atoms with E-state index in [1.165, 1.54) is 5.56 Å². The van der Waals surface area contributed by atoms with Gasteiger partial charge in [-0.25, -0.2) is 0 Å². The second-order valence-electron chi connectivity index (χ2n) is 6.93. The van der Waals surface area contributed by atoms with Crippen molar-refractivity contribution < 1.29 is 9.22 Å². The van der Waals surface area contributed by atoms with Crippen LogP contribution in [0, 0.1) is 0 Å². The highest BCUT2D eigenvalue weighted by Gasteiger charge is 2.36. The van der Waals surface area contributed by atoms with Gasteiger partial charge in [0.1, 0.15) is 6.29 Å². The van der Waals surface area contributed by atoms with E-state index in [0.717, 1.165) is 37.7 Å². The van der Waals surface area contributed by atoms with E-state index in [1.54, 1.807) is 0 Å². The first-order valence-electron chi connectivity index (χ1n) is 7.44. The maximum Gasteiger partial charge on any atom is 0.191 e. The van der Waals surface area contributed by atoms with Gasteiger partial charge in [-0.05, 0) is 49.0 Å². The first-order chi connectivity index (χ1) is 9.26. The SMILES string of the molecule is CC(C)(C)[Si](C)(C)OCCCCc1cccc(C=O)c1. The number of carbonyl (C=O) groups is 1. The first kappa shape index (κ1) is 17.1. The second kappa shape index (κ2) is 7.18. The molecule has 0 saturated heterocycles. The second-order valence-corrected chi connectivity index (χ2v) is 11.7. The summed E-state index contributed by atoms with van der Waals surface area (Å²) in [6, 6.07) is 7.85. The van der Waals surface area contributed by atoms with Crippen LogP contribution in [-0.2, 0) is 10.8 Å². The number of hydrogen-bond donors (Lipinski definition) is 0. The van der Waals surface area contributed by atoms with Crippen molar-refractivity contribution in [1.29, 1.82) is 0 Å². The van der Waals surface area contributed by atoms with E-state index in [2.05, 4.69) is 39.9 Å². The lowest BCUT2D eigenvalue weighted by Gasteiger charge is -2.36. The van der Waals surface area contributed by atoms with Gasteiger partial charge in [-0.1, -0.05) is 39.0 Å². The number of rotatable bonds is 7. The minimum Gasteiger partial charge on any atom is -0.417 e.